The van der Waals surface area contributed by atoms with Gasteiger partial charge in [-0.2, -0.15) is 0 Å². The average molecular weight is 413 g/mol. The summed E-state index contributed by atoms with van der Waals surface area (Å²) in [5.74, 6) is 7.04. The van der Waals surface area contributed by atoms with Crippen LogP contribution in [-0.4, -0.2) is 45.7 Å². The normalized spacial score (nSPS) is 14.7. The number of hydrazine groups is 1. The van der Waals surface area contributed by atoms with Crippen LogP contribution in [0, 0.1) is 5.82 Å². The van der Waals surface area contributed by atoms with Crippen LogP contribution >= 0.6 is 0 Å². The number of fused-ring (bicyclic) bond motifs is 1. The lowest BCUT2D eigenvalue weighted by Gasteiger charge is -2.17. The van der Waals surface area contributed by atoms with Crippen LogP contribution in [0.4, 0.5) is 4.39 Å². The number of ether oxygens (including phenoxy) is 1. The molecule has 0 spiro atoms. The van der Waals surface area contributed by atoms with Crippen LogP contribution in [0.1, 0.15) is 44.1 Å². The van der Waals surface area contributed by atoms with Gasteiger partial charge in [-0.25, -0.2) is 10.2 Å². The van der Waals surface area contributed by atoms with Crippen LogP contribution in [0.2, 0.25) is 0 Å². The second kappa shape index (κ2) is 9.67. The molecule has 1 aromatic carbocycles. The molecule has 1 aromatic heterocycles. The summed E-state index contributed by atoms with van der Waals surface area (Å²) in [6, 6.07) is 3.14. The second-order valence-corrected chi connectivity index (χ2v) is 7.26. The summed E-state index contributed by atoms with van der Waals surface area (Å²) < 4.78 is 22.1. The van der Waals surface area contributed by atoms with E-state index in [0.29, 0.717) is 31.0 Å². The van der Waals surface area contributed by atoms with Gasteiger partial charge in [0.05, 0.1) is 13.2 Å². The molecule has 1 aliphatic heterocycles. The molecule has 0 radical (unpaired) electrons. The molecule has 3 rings (SSSR count). The van der Waals surface area contributed by atoms with Crippen LogP contribution in [0.3, 0.4) is 0 Å². The quantitative estimate of drug-likeness (QED) is 0.311. The van der Waals surface area contributed by atoms with Crippen molar-refractivity contribution in [2.75, 3.05) is 20.2 Å². The fourth-order valence-electron chi connectivity index (χ4n) is 3.61. The lowest BCUT2D eigenvalue weighted by atomic mass is 10.0. The summed E-state index contributed by atoms with van der Waals surface area (Å²) in [5.41, 5.74) is 4.09. The highest BCUT2D eigenvalue weighted by atomic mass is 19.1. The largest absolute Gasteiger partial charge is 0.493 e. The summed E-state index contributed by atoms with van der Waals surface area (Å²) in [6.07, 6.45) is 7.03. The Balaban J connectivity index is 2.04. The van der Waals surface area contributed by atoms with E-state index in [0.717, 1.165) is 41.1 Å². The van der Waals surface area contributed by atoms with E-state index in [1.807, 2.05) is 24.5 Å². The fraction of sp³-hybridized carbons (Fsp3) is 0.409. The Bertz CT molecular complexity index is 990. The molecular formula is C22H29FN6O. The molecule has 2 N–H and O–H groups in total. The Labute approximate surface area is 176 Å². The first-order valence-corrected chi connectivity index (χ1v) is 10.1. The molecule has 0 fully saturated rings. The summed E-state index contributed by atoms with van der Waals surface area (Å²) in [4.78, 5) is 4.64. The maximum absolute atomic E-state index is 14.7. The van der Waals surface area contributed by atoms with Crippen LogP contribution in [0.25, 0.3) is 5.57 Å². The highest BCUT2D eigenvalue weighted by Crippen LogP contribution is 2.31. The van der Waals surface area contributed by atoms with Crippen molar-refractivity contribution < 1.29 is 9.13 Å². The first-order chi connectivity index (χ1) is 14.5. The van der Waals surface area contributed by atoms with Gasteiger partial charge in [-0.3, -0.25) is 4.99 Å². The number of aromatic nitrogens is 3. The third-order valence-electron chi connectivity index (χ3n) is 5.00. The van der Waals surface area contributed by atoms with Crippen molar-refractivity contribution in [3.05, 3.63) is 59.1 Å². The molecule has 0 atom stereocenters. The molecule has 1 aliphatic rings. The van der Waals surface area contributed by atoms with Gasteiger partial charge in [-0.15, -0.1) is 10.2 Å². The molecule has 0 unspecified atom stereocenters. The van der Waals surface area contributed by atoms with E-state index in [2.05, 4.69) is 22.1 Å². The van der Waals surface area contributed by atoms with Crippen molar-refractivity contribution in [3.63, 3.8) is 0 Å². The summed E-state index contributed by atoms with van der Waals surface area (Å²) in [7, 11) is 1.74. The second-order valence-electron chi connectivity index (χ2n) is 7.26. The predicted octanol–water partition coefficient (Wildman–Crippen LogP) is 3.36. The maximum Gasteiger partial charge on any atom is 0.166 e. The third kappa shape index (κ3) is 4.59. The van der Waals surface area contributed by atoms with Gasteiger partial charge in [-0.1, -0.05) is 13.0 Å². The van der Waals surface area contributed by atoms with Gasteiger partial charge in [-0.05, 0) is 32.4 Å². The van der Waals surface area contributed by atoms with E-state index in [1.54, 1.807) is 25.6 Å². The van der Waals surface area contributed by atoms with Gasteiger partial charge < -0.3 is 14.3 Å². The number of hydrogen-bond acceptors (Lipinski definition) is 6. The van der Waals surface area contributed by atoms with E-state index >= 15 is 0 Å². The highest BCUT2D eigenvalue weighted by Gasteiger charge is 2.22. The van der Waals surface area contributed by atoms with E-state index < -0.39 is 0 Å². The maximum atomic E-state index is 14.7. The van der Waals surface area contributed by atoms with Gasteiger partial charge in [0, 0.05) is 54.2 Å². The molecule has 2 heterocycles. The Morgan fingerprint density at radius 3 is 2.93 bits per heavy atom. The molecule has 8 heteroatoms. The van der Waals surface area contributed by atoms with Crippen molar-refractivity contribution in [2.45, 2.75) is 40.2 Å². The van der Waals surface area contributed by atoms with Gasteiger partial charge in [0.1, 0.15) is 17.9 Å². The van der Waals surface area contributed by atoms with Crippen molar-refractivity contribution in [1.29, 1.82) is 0 Å². The third-order valence-corrected chi connectivity index (χ3v) is 5.00. The molecular weight excluding hydrogens is 383 g/mol. The predicted molar refractivity (Wildman–Crippen MR) is 117 cm³/mol. The van der Waals surface area contributed by atoms with E-state index in [-0.39, 0.29) is 5.82 Å². The molecule has 30 heavy (non-hydrogen) atoms. The molecule has 160 valence electrons. The van der Waals surface area contributed by atoms with Crippen LogP contribution in [0.15, 0.2) is 41.3 Å². The average Bonchev–Trinajstić information content (AvgIpc) is 3.37. The summed E-state index contributed by atoms with van der Waals surface area (Å²) in [6.45, 7) is 7.62. The zero-order chi connectivity index (χ0) is 21.7. The number of halogens is 1. The minimum atomic E-state index is -0.257. The Hall–Kier alpha value is -3.00. The molecule has 2 aromatic rings. The van der Waals surface area contributed by atoms with Crippen molar-refractivity contribution in [3.8, 4) is 5.75 Å². The number of aliphatic imine (C=N–C) groups is 1. The van der Waals surface area contributed by atoms with Crippen molar-refractivity contribution in [1.82, 2.24) is 19.8 Å². The SMILES string of the molecule is C/C=C(C(=C/N(C)N)/c1nncn1Cc1c(F)ccc2c1CCO2)\C(C)=N/CCC. The molecule has 0 amide bonds. The van der Waals surface area contributed by atoms with Gasteiger partial charge in [0.15, 0.2) is 5.82 Å². The number of benzene rings is 1. The molecule has 0 saturated heterocycles. The highest BCUT2D eigenvalue weighted by molar-refractivity contribution is 6.11. The van der Waals surface area contributed by atoms with Crippen molar-refractivity contribution >= 4 is 11.3 Å². The first kappa shape index (κ1) is 21.7. The Morgan fingerprint density at radius 2 is 2.23 bits per heavy atom. The zero-order valence-electron chi connectivity index (χ0n) is 18.0. The number of nitrogens with zero attached hydrogens (tertiary/aromatic N) is 5. The molecule has 7 nitrogen and oxygen atoms in total. The Morgan fingerprint density at radius 1 is 1.43 bits per heavy atom. The lowest BCUT2D eigenvalue weighted by molar-refractivity contribution is 0.356. The standard InChI is InChI=1S/C22H29FN6O/c1-5-10-25-15(3)16(6-2)19(12-28(4)24)22-27-26-14-29(22)13-18-17-9-11-30-21(17)8-7-20(18)23/h6-8,12,14H,5,9-11,13,24H2,1-4H3/b16-6+,19-12-,25-15-. The lowest BCUT2D eigenvalue weighted by Crippen LogP contribution is -2.21. The van der Waals surface area contributed by atoms with Crippen LogP contribution < -0.4 is 10.6 Å². The van der Waals surface area contributed by atoms with Gasteiger partial charge in [0.25, 0.3) is 0 Å². The number of nitrogens with two attached hydrogens (primary N) is 1. The van der Waals surface area contributed by atoms with Crippen LogP contribution in [0.5, 0.6) is 5.75 Å². The smallest absolute Gasteiger partial charge is 0.166 e. The number of allylic oxidation sites excluding steroid dienone is 3. The summed E-state index contributed by atoms with van der Waals surface area (Å²) >= 11 is 0. The van der Waals surface area contributed by atoms with E-state index in [9.17, 15) is 4.39 Å². The molecule has 0 aliphatic carbocycles. The topological polar surface area (TPSA) is 81.6 Å². The monoisotopic (exact) mass is 412 g/mol. The zero-order valence-corrected chi connectivity index (χ0v) is 18.0. The molecule has 0 bridgehead atoms. The van der Waals surface area contributed by atoms with Gasteiger partial charge >= 0.3 is 0 Å². The van der Waals surface area contributed by atoms with Crippen LogP contribution in [-0.2, 0) is 13.0 Å². The van der Waals surface area contributed by atoms with Gasteiger partial charge in [0.2, 0.25) is 0 Å². The number of hydrogen-bond donors (Lipinski definition) is 1. The minimum absolute atomic E-state index is 0.257. The fourth-order valence-corrected chi connectivity index (χ4v) is 3.61. The van der Waals surface area contributed by atoms with E-state index in [4.69, 9.17) is 10.6 Å². The van der Waals surface area contributed by atoms with E-state index in [1.165, 1.54) is 11.1 Å². The first-order valence-electron chi connectivity index (χ1n) is 10.1. The number of rotatable bonds is 8. The Kier molecular flexibility index (Phi) is 6.99. The summed E-state index contributed by atoms with van der Waals surface area (Å²) in [5, 5.41) is 9.91. The molecule has 0 saturated carbocycles. The minimum Gasteiger partial charge on any atom is -0.493 e. The van der Waals surface area contributed by atoms with Crippen molar-refractivity contribution in [2.24, 2.45) is 10.8 Å².